The molecule has 1 aromatic carbocycles. The number of aryl methyl sites for hydroxylation is 1. The monoisotopic (exact) mass is 306 g/mol. The van der Waals surface area contributed by atoms with E-state index in [0.29, 0.717) is 17.3 Å². The summed E-state index contributed by atoms with van der Waals surface area (Å²) in [6, 6.07) is 10.4. The van der Waals surface area contributed by atoms with Gasteiger partial charge in [-0.2, -0.15) is 5.10 Å². The van der Waals surface area contributed by atoms with Crippen molar-refractivity contribution in [2.24, 2.45) is 17.3 Å². The maximum absolute atomic E-state index is 12.9. The summed E-state index contributed by atoms with van der Waals surface area (Å²) < 4.78 is 1.76. The Labute approximate surface area is 136 Å². The van der Waals surface area contributed by atoms with Crippen LogP contribution in [0.4, 0.5) is 0 Å². The third-order valence-corrected chi connectivity index (χ3v) is 6.53. The van der Waals surface area contributed by atoms with E-state index in [1.54, 1.807) is 4.68 Å². The Kier molecular flexibility index (Phi) is 2.43. The number of nitrogens with zero attached hydrogens (tertiary/aromatic N) is 2. The van der Waals surface area contributed by atoms with Gasteiger partial charge in [-0.3, -0.25) is 4.79 Å². The molecule has 2 saturated carbocycles. The summed E-state index contributed by atoms with van der Waals surface area (Å²) in [5.41, 5.74) is 5.35. The fraction of sp³-hybridized carbons (Fsp3) is 0.500. The zero-order valence-electron chi connectivity index (χ0n) is 13.9. The first kappa shape index (κ1) is 13.5. The van der Waals surface area contributed by atoms with Crippen molar-refractivity contribution in [1.82, 2.24) is 9.78 Å². The van der Waals surface area contributed by atoms with Gasteiger partial charge in [0.15, 0.2) is 0 Å². The van der Waals surface area contributed by atoms with Crippen LogP contribution in [0.1, 0.15) is 59.4 Å². The highest BCUT2D eigenvalue weighted by Crippen LogP contribution is 2.70. The lowest BCUT2D eigenvalue weighted by Crippen LogP contribution is -2.19. The first-order valence-corrected chi connectivity index (χ1v) is 8.67. The van der Waals surface area contributed by atoms with Gasteiger partial charge in [-0.1, -0.05) is 44.2 Å². The number of aromatic nitrogens is 2. The first-order chi connectivity index (χ1) is 11.0. The molecule has 2 aromatic rings. The minimum absolute atomic E-state index is 0.116. The van der Waals surface area contributed by atoms with Crippen LogP contribution in [0.2, 0.25) is 0 Å². The molecule has 0 N–H and O–H groups in total. The minimum Gasteiger partial charge on any atom is -0.272 e. The summed E-state index contributed by atoms with van der Waals surface area (Å²) in [5.74, 6) is 2.06. The molecule has 0 saturated heterocycles. The minimum atomic E-state index is 0.116. The highest BCUT2D eigenvalue weighted by molar-refractivity contribution is 5.85. The van der Waals surface area contributed by atoms with Crippen molar-refractivity contribution >= 4 is 5.91 Å². The van der Waals surface area contributed by atoms with Crippen LogP contribution in [0, 0.1) is 24.2 Å². The molecule has 23 heavy (non-hydrogen) atoms. The van der Waals surface area contributed by atoms with Gasteiger partial charge in [0.25, 0.3) is 5.91 Å². The molecular formula is C20H22N2O. The van der Waals surface area contributed by atoms with E-state index in [0.717, 1.165) is 24.5 Å². The molecule has 4 atom stereocenters. The number of hydrogen-bond acceptors (Lipinski definition) is 2. The van der Waals surface area contributed by atoms with Crippen LogP contribution in [0.5, 0.6) is 0 Å². The van der Waals surface area contributed by atoms with Crippen molar-refractivity contribution in [1.29, 1.82) is 0 Å². The topological polar surface area (TPSA) is 34.9 Å². The Morgan fingerprint density at radius 1 is 1.26 bits per heavy atom. The molecule has 0 amide bonds. The molecule has 1 heterocycles. The van der Waals surface area contributed by atoms with E-state index in [1.165, 1.54) is 16.8 Å². The molecule has 0 aliphatic heterocycles. The Balaban J connectivity index is 1.44. The second-order valence-electron chi connectivity index (χ2n) is 8.16. The summed E-state index contributed by atoms with van der Waals surface area (Å²) in [6.45, 7) is 6.76. The largest absolute Gasteiger partial charge is 0.272 e. The van der Waals surface area contributed by atoms with Crippen molar-refractivity contribution in [3.63, 3.8) is 0 Å². The smallest absolute Gasteiger partial charge is 0.250 e. The Morgan fingerprint density at radius 3 is 2.74 bits per heavy atom. The number of hydrogen-bond donors (Lipinski definition) is 0. The quantitative estimate of drug-likeness (QED) is 0.842. The summed E-state index contributed by atoms with van der Waals surface area (Å²) in [6.07, 6.45) is 2.00. The molecule has 1 aromatic heterocycles. The third kappa shape index (κ3) is 1.71. The summed E-state index contributed by atoms with van der Waals surface area (Å²) in [4.78, 5) is 12.9. The van der Waals surface area contributed by atoms with Crippen LogP contribution in [-0.4, -0.2) is 15.7 Å². The highest BCUT2D eigenvalue weighted by Gasteiger charge is 2.64. The molecule has 0 unspecified atom stereocenters. The summed E-state index contributed by atoms with van der Waals surface area (Å²) in [5, 5.41) is 4.63. The second kappa shape index (κ2) is 4.14. The van der Waals surface area contributed by atoms with Gasteiger partial charge in [0.1, 0.15) is 0 Å². The molecule has 3 nitrogen and oxygen atoms in total. The number of benzene rings is 1. The number of carbonyl (C=O) groups excluding carboxylic acids is 1. The van der Waals surface area contributed by atoms with Crippen molar-refractivity contribution in [3.05, 3.63) is 52.8 Å². The van der Waals surface area contributed by atoms with E-state index in [2.05, 4.69) is 50.1 Å². The Bertz CT molecular complexity index is 818. The molecule has 0 radical (unpaired) electrons. The predicted molar refractivity (Wildman–Crippen MR) is 88.6 cm³/mol. The van der Waals surface area contributed by atoms with Gasteiger partial charge in [0.05, 0.1) is 11.4 Å². The molecule has 2 fully saturated rings. The van der Waals surface area contributed by atoms with Crippen LogP contribution in [0.3, 0.4) is 0 Å². The fourth-order valence-electron chi connectivity index (χ4n) is 4.97. The molecule has 3 aliphatic carbocycles. The molecule has 3 aliphatic rings. The van der Waals surface area contributed by atoms with Gasteiger partial charge in [-0.25, -0.2) is 4.68 Å². The maximum atomic E-state index is 12.9. The Hall–Kier alpha value is -1.90. The third-order valence-electron chi connectivity index (χ3n) is 6.53. The first-order valence-electron chi connectivity index (χ1n) is 8.67. The van der Waals surface area contributed by atoms with Crippen LogP contribution in [0.15, 0.2) is 30.3 Å². The van der Waals surface area contributed by atoms with E-state index in [9.17, 15) is 4.79 Å². The van der Waals surface area contributed by atoms with E-state index in [4.69, 9.17) is 0 Å². The number of carbonyl (C=O) groups is 1. The van der Waals surface area contributed by atoms with Crippen LogP contribution < -0.4 is 0 Å². The van der Waals surface area contributed by atoms with Crippen LogP contribution in [-0.2, 0) is 6.42 Å². The molecule has 5 rings (SSSR count). The molecule has 3 heteroatoms. The standard InChI is InChI=1S/C20H22N2O/c1-11-17-16(10-15-18(17)20(15,2)3)22(21-11)19(23)14-9-13(14)12-7-5-4-6-8-12/h4-8,13-15,18H,9-10H2,1-3H3/t13-,14-,15-,18-/m1/s1. The lowest BCUT2D eigenvalue weighted by Gasteiger charge is -2.10. The summed E-state index contributed by atoms with van der Waals surface area (Å²) in [7, 11) is 0. The van der Waals surface area contributed by atoms with E-state index >= 15 is 0 Å². The predicted octanol–water partition coefficient (Wildman–Crippen LogP) is 3.93. The summed E-state index contributed by atoms with van der Waals surface area (Å²) >= 11 is 0. The average Bonchev–Trinajstić information content (AvgIpc) is 3.31. The van der Waals surface area contributed by atoms with Gasteiger partial charge in [-0.05, 0) is 48.5 Å². The van der Waals surface area contributed by atoms with E-state index in [1.807, 2.05) is 6.07 Å². The lowest BCUT2D eigenvalue weighted by molar-refractivity contribution is 0.0862. The average molecular weight is 306 g/mol. The SMILES string of the molecule is Cc1nn(C(=O)[C@@H]2C[C@@H]2c2ccccc2)c2c1[C@H]1[C@@H](C2)C1(C)C. The van der Waals surface area contributed by atoms with Gasteiger partial charge in [0.2, 0.25) is 0 Å². The van der Waals surface area contributed by atoms with E-state index in [-0.39, 0.29) is 11.8 Å². The van der Waals surface area contributed by atoms with Gasteiger partial charge in [0, 0.05) is 11.5 Å². The van der Waals surface area contributed by atoms with Crippen LogP contribution >= 0.6 is 0 Å². The Morgan fingerprint density at radius 2 is 2.00 bits per heavy atom. The number of fused-ring (bicyclic) bond motifs is 3. The van der Waals surface area contributed by atoms with Gasteiger partial charge in [-0.15, -0.1) is 0 Å². The molecule has 0 spiro atoms. The molecule has 118 valence electrons. The number of rotatable bonds is 2. The zero-order chi connectivity index (χ0) is 15.9. The zero-order valence-corrected chi connectivity index (χ0v) is 13.9. The van der Waals surface area contributed by atoms with Crippen molar-refractivity contribution in [2.45, 2.75) is 45.4 Å². The fourth-order valence-corrected chi connectivity index (χ4v) is 4.97. The second-order valence-corrected chi connectivity index (χ2v) is 8.16. The lowest BCUT2D eigenvalue weighted by atomic mass is 9.98. The van der Waals surface area contributed by atoms with Gasteiger partial charge >= 0.3 is 0 Å². The maximum Gasteiger partial charge on any atom is 0.250 e. The normalized spacial score (nSPS) is 32.3. The van der Waals surface area contributed by atoms with Crippen molar-refractivity contribution in [2.75, 3.05) is 0 Å². The van der Waals surface area contributed by atoms with Crippen molar-refractivity contribution < 1.29 is 4.79 Å². The van der Waals surface area contributed by atoms with Gasteiger partial charge < -0.3 is 0 Å². The van der Waals surface area contributed by atoms with Crippen LogP contribution in [0.25, 0.3) is 0 Å². The molecular weight excluding hydrogens is 284 g/mol. The van der Waals surface area contributed by atoms with E-state index < -0.39 is 0 Å². The van der Waals surface area contributed by atoms with Crippen molar-refractivity contribution in [3.8, 4) is 0 Å². The molecule has 0 bridgehead atoms. The highest BCUT2D eigenvalue weighted by atomic mass is 16.2.